The summed E-state index contributed by atoms with van der Waals surface area (Å²) in [5, 5.41) is 1.81. The topological polar surface area (TPSA) is 48.0 Å². The van der Waals surface area contributed by atoms with Crippen LogP contribution in [0.25, 0.3) is 0 Å². The highest BCUT2D eigenvalue weighted by atomic mass is 32.1. The van der Waals surface area contributed by atoms with Crippen LogP contribution in [0.2, 0.25) is 0 Å². The Bertz CT molecular complexity index is 274. The lowest BCUT2D eigenvalue weighted by molar-refractivity contribution is 0.550. The fraction of sp³-hybridized carbons (Fsp3) is 0.500. The van der Waals surface area contributed by atoms with Crippen molar-refractivity contribution in [2.24, 2.45) is 5.73 Å². The van der Waals surface area contributed by atoms with Gasteiger partial charge in [0.2, 0.25) is 0 Å². The van der Waals surface area contributed by atoms with Crippen molar-refractivity contribution in [3.8, 4) is 0 Å². The van der Waals surface area contributed by atoms with Crippen LogP contribution in [0.1, 0.15) is 18.8 Å². The van der Waals surface area contributed by atoms with E-state index in [-0.39, 0.29) is 11.0 Å². The lowest BCUT2D eigenvalue weighted by atomic mass is 10.5. The lowest BCUT2D eigenvalue weighted by Gasteiger charge is -2.06. The van der Waals surface area contributed by atoms with Crippen LogP contribution < -0.4 is 10.6 Å². The smallest absolute Gasteiger partial charge is 0.308 e. The van der Waals surface area contributed by atoms with Crippen molar-refractivity contribution < 1.29 is 0 Å². The van der Waals surface area contributed by atoms with Gasteiger partial charge in [-0.2, -0.15) is 0 Å². The normalized spacial score (nSPS) is 13.5. The number of nitrogens with zero attached hydrogens (tertiary/aromatic N) is 1. The second-order valence-corrected chi connectivity index (χ2v) is 3.07. The molecule has 2 N–H and O–H groups in total. The summed E-state index contributed by atoms with van der Waals surface area (Å²) in [6.07, 6.45) is -0.209. The van der Waals surface area contributed by atoms with E-state index in [0.29, 0.717) is 0 Å². The molecule has 1 aromatic heterocycles. The van der Waals surface area contributed by atoms with Gasteiger partial charge in [-0.15, -0.1) is 0 Å². The molecule has 0 aliphatic heterocycles. The number of aryl methyl sites for hydroxylation is 1. The summed E-state index contributed by atoms with van der Waals surface area (Å²) in [7, 11) is 0. The van der Waals surface area contributed by atoms with Gasteiger partial charge in [-0.05, 0) is 13.8 Å². The molecule has 0 fully saturated rings. The first kappa shape index (κ1) is 7.50. The molecule has 0 spiro atoms. The number of thiazole rings is 1. The molecule has 0 bridgehead atoms. The van der Waals surface area contributed by atoms with Crippen molar-refractivity contribution in [3.63, 3.8) is 0 Å². The van der Waals surface area contributed by atoms with E-state index >= 15 is 0 Å². The van der Waals surface area contributed by atoms with E-state index in [0.717, 1.165) is 5.69 Å². The van der Waals surface area contributed by atoms with Gasteiger partial charge in [0.25, 0.3) is 0 Å². The number of hydrogen-bond donors (Lipinski definition) is 1. The third-order valence-corrected chi connectivity index (χ3v) is 2.17. The van der Waals surface area contributed by atoms with E-state index in [2.05, 4.69) is 0 Å². The number of nitrogens with two attached hydrogens (primary N) is 1. The van der Waals surface area contributed by atoms with Crippen molar-refractivity contribution in [3.05, 3.63) is 20.7 Å². The highest BCUT2D eigenvalue weighted by molar-refractivity contribution is 7.07. The first-order valence-electron chi connectivity index (χ1n) is 3.05. The maximum Gasteiger partial charge on any atom is 0.308 e. The summed E-state index contributed by atoms with van der Waals surface area (Å²) in [4.78, 5) is 11.0. The molecular weight excluding hydrogens is 148 g/mol. The average Bonchev–Trinajstić information content (AvgIpc) is 2.11. The number of rotatable bonds is 1. The van der Waals surface area contributed by atoms with E-state index in [1.165, 1.54) is 11.3 Å². The summed E-state index contributed by atoms with van der Waals surface area (Å²) in [6.45, 7) is 3.67. The van der Waals surface area contributed by atoms with Crippen molar-refractivity contribution >= 4 is 11.3 Å². The molecule has 0 aliphatic rings. The molecule has 0 aliphatic carbocycles. The minimum absolute atomic E-state index is 0.0208. The Morgan fingerprint density at radius 1 is 1.80 bits per heavy atom. The minimum atomic E-state index is -0.209. The van der Waals surface area contributed by atoms with Crippen LogP contribution in [0.5, 0.6) is 0 Å². The van der Waals surface area contributed by atoms with E-state index in [4.69, 9.17) is 5.73 Å². The SMILES string of the molecule is Cc1csc(=O)n1C(C)N. The molecular formula is C6H10N2OS. The van der Waals surface area contributed by atoms with Gasteiger partial charge in [-0.25, -0.2) is 0 Å². The molecule has 0 saturated carbocycles. The third kappa shape index (κ3) is 1.12. The number of aromatic nitrogens is 1. The van der Waals surface area contributed by atoms with Crippen LogP contribution in [-0.2, 0) is 0 Å². The number of hydrogen-bond acceptors (Lipinski definition) is 3. The average molecular weight is 158 g/mol. The summed E-state index contributed by atoms with van der Waals surface area (Å²) >= 11 is 1.19. The first-order valence-corrected chi connectivity index (χ1v) is 3.93. The summed E-state index contributed by atoms with van der Waals surface area (Å²) < 4.78 is 1.57. The molecule has 1 atom stereocenters. The zero-order chi connectivity index (χ0) is 7.72. The second kappa shape index (κ2) is 2.56. The zero-order valence-corrected chi connectivity index (χ0v) is 6.81. The van der Waals surface area contributed by atoms with Gasteiger partial charge < -0.3 is 5.73 Å². The molecule has 56 valence electrons. The maximum absolute atomic E-state index is 11.0. The lowest BCUT2D eigenvalue weighted by Crippen LogP contribution is -2.24. The molecule has 1 rings (SSSR count). The van der Waals surface area contributed by atoms with Crippen molar-refractivity contribution in [2.75, 3.05) is 0 Å². The fourth-order valence-corrected chi connectivity index (χ4v) is 1.69. The summed E-state index contributed by atoms with van der Waals surface area (Å²) in [6, 6.07) is 0. The molecule has 1 unspecified atom stereocenters. The predicted molar refractivity (Wildman–Crippen MR) is 42.2 cm³/mol. The molecule has 10 heavy (non-hydrogen) atoms. The minimum Gasteiger partial charge on any atom is -0.311 e. The molecule has 0 aromatic carbocycles. The van der Waals surface area contributed by atoms with Crippen molar-refractivity contribution in [2.45, 2.75) is 20.0 Å². The molecule has 0 radical (unpaired) electrons. The van der Waals surface area contributed by atoms with Gasteiger partial charge in [-0.1, -0.05) is 11.3 Å². The molecule has 1 aromatic rings. The van der Waals surface area contributed by atoms with Gasteiger partial charge in [-0.3, -0.25) is 9.36 Å². The summed E-state index contributed by atoms with van der Waals surface area (Å²) in [5.41, 5.74) is 6.46. The van der Waals surface area contributed by atoms with Gasteiger partial charge in [0, 0.05) is 11.1 Å². The van der Waals surface area contributed by atoms with Crippen LogP contribution in [0.15, 0.2) is 10.2 Å². The van der Waals surface area contributed by atoms with E-state index in [1.54, 1.807) is 11.5 Å². The largest absolute Gasteiger partial charge is 0.311 e. The van der Waals surface area contributed by atoms with E-state index < -0.39 is 0 Å². The van der Waals surface area contributed by atoms with Gasteiger partial charge in [0.15, 0.2) is 0 Å². The van der Waals surface area contributed by atoms with Crippen molar-refractivity contribution in [1.82, 2.24) is 4.57 Å². The molecule has 4 heteroatoms. The molecule has 1 heterocycles. The van der Waals surface area contributed by atoms with Crippen LogP contribution in [0, 0.1) is 6.92 Å². The van der Waals surface area contributed by atoms with Gasteiger partial charge in [0.05, 0.1) is 6.17 Å². The van der Waals surface area contributed by atoms with Crippen LogP contribution >= 0.6 is 11.3 Å². The molecule has 0 saturated heterocycles. The Morgan fingerprint density at radius 2 is 2.40 bits per heavy atom. The van der Waals surface area contributed by atoms with Crippen LogP contribution in [0.4, 0.5) is 0 Å². The molecule has 3 nitrogen and oxygen atoms in total. The fourth-order valence-electron chi connectivity index (χ4n) is 0.881. The highest BCUT2D eigenvalue weighted by Gasteiger charge is 2.04. The third-order valence-electron chi connectivity index (χ3n) is 1.31. The molecule has 0 amide bonds. The Balaban J connectivity index is 3.23. The van der Waals surface area contributed by atoms with Gasteiger partial charge in [0.1, 0.15) is 0 Å². The van der Waals surface area contributed by atoms with Crippen molar-refractivity contribution in [1.29, 1.82) is 0 Å². The first-order chi connectivity index (χ1) is 4.63. The van der Waals surface area contributed by atoms with Crippen LogP contribution in [-0.4, -0.2) is 4.57 Å². The monoisotopic (exact) mass is 158 g/mol. The Morgan fingerprint density at radius 3 is 2.60 bits per heavy atom. The van der Waals surface area contributed by atoms with Gasteiger partial charge >= 0.3 is 4.87 Å². The quantitative estimate of drug-likeness (QED) is 0.654. The Labute approximate surface area is 63.1 Å². The predicted octanol–water partition coefficient (Wildman–Crippen LogP) is 0.695. The zero-order valence-electron chi connectivity index (χ0n) is 6.00. The Kier molecular flexibility index (Phi) is 1.92. The summed E-state index contributed by atoms with van der Waals surface area (Å²) in [5.74, 6) is 0. The highest BCUT2D eigenvalue weighted by Crippen LogP contribution is 2.03. The standard InChI is InChI=1S/C6H10N2OS/c1-4-3-10-6(9)8(4)5(2)7/h3,5H,7H2,1-2H3. The Hall–Kier alpha value is -0.610. The van der Waals surface area contributed by atoms with E-state index in [9.17, 15) is 4.79 Å². The van der Waals surface area contributed by atoms with E-state index in [1.807, 2.05) is 12.3 Å². The second-order valence-electron chi connectivity index (χ2n) is 2.25. The maximum atomic E-state index is 11.0. The van der Waals surface area contributed by atoms with Crippen LogP contribution in [0.3, 0.4) is 0 Å².